The van der Waals surface area contributed by atoms with Gasteiger partial charge in [0.25, 0.3) is 5.60 Å². The van der Waals surface area contributed by atoms with Crippen molar-refractivity contribution in [2.45, 2.75) is 24.9 Å². The standard InChI is InChI=1S/C19H18F6N2O3/c1-3-27(16(28)26-14-6-4-5-7-15(14)30-2)13-10-8-12(9-11-13)17(29,18(20,21)22)19(23,24)25/h4-11,29H,3H2,1-2H3,(H,26,28). The summed E-state index contributed by atoms with van der Waals surface area (Å²) in [5, 5.41) is 12.0. The number of hydrogen-bond donors (Lipinski definition) is 2. The number of urea groups is 1. The normalized spacial score (nSPS) is 12.4. The average Bonchev–Trinajstić information content (AvgIpc) is 2.67. The fraction of sp³-hybridized carbons (Fsp3) is 0.316. The first-order chi connectivity index (χ1) is 13.9. The highest BCUT2D eigenvalue weighted by Gasteiger charge is 2.71. The van der Waals surface area contributed by atoms with Crippen LogP contribution in [-0.2, 0) is 5.60 Å². The fourth-order valence-electron chi connectivity index (χ4n) is 2.74. The smallest absolute Gasteiger partial charge is 0.430 e. The van der Waals surface area contributed by atoms with Crippen LogP contribution >= 0.6 is 0 Å². The van der Waals surface area contributed by atoms with E-state index in [0.29, 0.717) is 23.6 Å². The highest BCUT2D eigenvalue weighted by molar-refractivity contribution is 6.02. The second-order valence-electron chi connectivity index (χ2n) is 6.13. The number of halogens is 6. The van der Waals surface area contributed by atoms with Crippen molar-refractivity contribution in [2.24, 2.45) is 0 Å². The van der Waals surface area contributed by atoms with E-state index in [4.69, 9.17) is 4.74 Å². The second kappa shape index (κ2) is 8.42. The Kier molecular flexibility index (Phi) is 6.55. The van der Waals surface area contributed by atoms with Crippen LogP contribution in [0.4, 0.5) is 42.5 Å². The van der Waals surface area contributed by atoms with Gasteiger partial charge in [-0.15, -0.1) is 0 Å². The fourth-order valence-corrected chi connectivity index (χ4v) is 2.74. The van der Waals surface area contributed by atoms with Crippen molar-refractivity contribution in [2.75, 3.05) is 23.9 Å². The second-order valence-corrected chi connectivity index (χ2v) is 6.13. The Bertz CT molecular complexity index is 867. The van der Waals surface area contributed by atoms with Crippen LogP contribution < -0.4 is 15.0 Å². The maximum absolute atomic E-state index is 13.0. The summed E-state index contributed by atoms with van der Waals surface area (Å²) in [7, 11) is 1.39. The van der Waals surface area contributed by atoms with E-state index in [1.54, 1.807) is 31.2 Å². The van der Waals surface area contributed by atoms with Crippen LogP contribution in [0.25, 0.3) is 0 Å². The molecule has 0 heterocycles. The number of aliphatic hydroxyl groups is 1. The number of carbonyl (C=O) groups is 1. The van der Waals surface area contributed by atoms with Gasteiger partial charge in [0, 0.05) is 17.8 Å². The van der Waals surface area contributed by atoms with Gasteiger partial charge in [-0.2, -0.15) is 26.3 Å². The van der Waals surface area contributed by atoms with Crippen LogP contribution in [0, 0.1) is 0 Å². The minimum atomic E-state index is -5.99. The van der Waals surface area contributed by atoms with Gasteiger partial charge < -0.3 is 15.2 Å². The molecule has 0 unspecified atom stereocenters. The molecule has 0 aromatic heterocycles. The van der Waals surface area contributed by atoms with E-state index in [1.807, 2.05) is 0 Å². The molecule has 0 bridgehead atoms. The van der Waals surface area contributed by atoms with Gasteiger partial charge in [-0.3, -0.25) is 4.90 Å². The Hall–Kier alpha value is -2.95. The molecule has 0 aliphatic rings. The minimum absolute atomic E-state index is 0.0281. The molecule has 0 spiro atoms. The SMILES string of the molecule is CCN(C(=O)Nc1ccccc1OC)c1ccc(C(O)(C(F)(F)F)C(F)(F)F)cc1. The van der Waals surface area contributed by atoms with E-state index >= 15 is 0 Å². The maximum atomic E-state index is 13.0. The summed E-state index contributed by atoms with van der Waals surface area (Å²) < 4.78 is 83.1. The van der Waals surface area contributed by atoms with Gasteiger partial charge in [-0.1, -0.05) is 24.3 Å². The molecule has 0 radical (unpaired) electrons. The molecule has 0 saturated carbocycles. The zero-order chi connectivity index (χ0) is 22.7. The number of hydrogen-bond acceptors (Lipinski definition) is 3. The summed E-state index contributed by atoms with van der Waals surface area (Å²) in [4.78, 5) is 13.7. The molecule has 2 aromatic rings. The lowest BCUT2D eigenvalue weighted by molar-refractivity contribution is -0.376. The topological polar surface area (TPSA) is 61.8 Å². The summed E-state index contributed by atoms with van der Waals surface area (Å²) in [5.41, 5.74) is -6.09. The summed E-state index contributed by atoms with van der Waals surface area (Å²) in [6.45, 7) is 1.63. The van der Waals surface area contributed by atoms with E-state index in [-0.39, 0.29) is 12.2 Å². The van der Waals surface area contributed by atoms with Crippen molar-refractivity contribution in [3.05, 3.63) is 54.1 Å². The number of rotatable bonds is 5. The molecule has 164 valence electrons. The maximum Gasteiger partial charge on any atom is 0.430 e. The monoisotopic (exact) mass is 436 g/mol. The van der Waals surface area contributed by atoms with Crippen molar-refractivity contribution in [3.63, 3.8) is 0 Å². The third-order valence-electron chi connectivity index (χ3n) is 4.33. The molecule has 0 aliphatic carbocycles. The number of ether oxygens (including phenoxy) is 1. The molecular formula is C19H18F6N2O3. The number of methoxy groups -OCH3 is 1. The van der Waals surface area contributed by atoms with Crippen LogP contribution in [0.15, 0.2) is 48.5 Å². The number of benzene rings is 2. The van der Waals surface area contributed by atoms with E-state index in [9.17, 15) is 36.2 Å². The van der Waals surface area contributed by atoms with E-state index in [1.165, 1.54) is 7.11 Å². The zero-order valence-corrected chi connectivity index (χ0v) is 15.8. The van der Waals surface area contributed by atoms with Crippen LogP contribution in [-0.4, -0.2) is 37.1 Å². The van der Waals surface area contributed by atoms with E-state index in [0.717, 1.165) is 17.0 Å². The first kappa shape index (κ1) is 23.3. The summed E-state index contributed by atoms with van der Waals surface area (Å²) in [5.74, 6) is 0.359. The van der Waals surface area contributed by atoms with Crippen LogP contribution in [0.3, 0.4) is 0 Å². The molecule has 2 rings (SSSR count). The lowest BCUT2D eigenvalue weighted by Crippen LogP contribution is -2.53. The largest absolute Gasteiger partial charge is 0.495 e. The summed E-state index contributed by atoms with van der Waals surface area (Å²) in [6, 6.07) is 8.52. The van der Waals surface area contributed by atoms with Crippen molar-refractivity contribution in [1.29, 1.82) is 0 Å². The van der Waals surface area contributed by atoms with Crippen molar-refractivity contribution >= 4 is 17.4 Å². The minimum Gasteiger partial charge on any atom is -0.495 e. The van der Waals surface area contributed by atoms with Gasteiger partial charge in [-0.05, 0) is 31.2 Å². The van der Waals surface area contributed by atoms with E-state index < -0.39 is 29.5 Å². The lowest BCUT2D eigenvalue weighted by Gasteiger charge is -2.33. The third-order valence-corrected chi connectivity index (χ3v) is 4.33. The van der Waals surface area contributed by atoms with E-state index in [2.05, 4.69) is 5.32 Å². The Morgan fingerprint density at radius 1 is 1.00 bits per heavy atom. The molecule has 2 N–H and O–H groups in total. The Morgan fingerprint density at radius 2 is 1.53 bits per heavy atom. The Morgan fingerprint density at radius 3 is 2.00 bits per heavy atom. The third kappa shape index (κ3) is 4.30. The predicted octanol–water partition coefficient (Wildman–Crippen LogP) is 5.07. The summed E-state index contributed by atoms with van der Waals surface area (Å²) >= 11 is 0. The molecule has 0 saturated heterocycles. The molecule has 0 aliphatic heterocycles. The Labute approximate surface area is 167 Å². The highest BCUT2D eigenvalue weighted by atomic mass is 19.4. The molecule has 30 heavy (non-hydrogen) atoms. The number of carbonyl (C=O) groups excluding carboxylic acids is 1. The number of nitrogens with zero attached hydrogens (tertiary/aromatic N) is 1. The van der Waals surface area contributed by atoms with Gasteiger partial charge in [-0.25, -0.2) is 4.79 Å². The van der Waals surface area contributed by atoms with Crippen molar-refractivity contribution in [3.8, 4) is 5.75 Å². The number of alkyl halides is 6. The van der Waals surface area contributed by atoms with Crippen molar-refractivity contribution in [1.82, 2.24) is 0 Å². The van der Waals surface area contributed by atoms with Gasteiger partial charge in [0.15, 0.2) is 0 Å². The van der Waals surface area contributed by atoms with Gasteiger partial charge in [0.05, 0.1) is 12.8 Å². The number of nitrogens with one attached hydrogen (secondary N) is 1. The van der Waals surface area contributed by atoms with Crippen LogP contribution in [0.1, 0.15) is 12.5 Å². The quantitative estimate of drug-likeness (QED) is 0.644. The molecule has 5 nitrogen and oxygen atoms in total. The summed E-state index contributed by atoms with van der Waals surface area (Å²) in [6.07, 6.45) is -12.0. The van der Waals surface area contributed by atoms with Gasteiger partial charge >= 0.3 is 18.4 Å². The van der Waals surface area contributed by atoms with Gasteiger partial charge in [0.1, 0.15) is 5.75 Å². The lowest BCUT2D eigenvalue weighted by atomic mass is 9.92. The highest BCUT2D eigenvalue weighted by Crippen LogP contribution is 2.50. The molecule has 11 heteroatoms. The number of anilines is 2. The Balaban J connectivity index is 2.34. The van der Waals surface area contributed by atoms with Crippen LogP contribution in [0.5, 0.6) is 5.75 Å². The molecular weight excluding hydrogens is 418 g/mol. The number of amides is 2. The number of para-hydroxylation sites is 2. The molecule has 0 fully saturated rings. The molecule has 2 aromatic carbocycles. The first-order valence-electron chi connectivity index (χ1n) is 8.54. The molecule has 0 atom stereocenters. The van der Waals surface area contributed by atoms with Crippen LogP contribution in [0.2, 0.25) is 0 Å². The first-order valence-corrected chi connectivity index (χ1v) is 8.54. The molecule has 2 amide bonds. The predicted molar refractivity (Wildman–Crippen MR) is 97.5 cm³/mol. The van der Waals surface area contributed by atoms with Crippen molar-refractivity contribution < 1.29 is 41.0 Å². The zero-order valence-electron chi connectivity index (χ0n) is 15.8. The van der Waals surface area contributed by atoms with Gasteiger partial charge in [0.2, 0.25) is 0 Å². The average molecular weight is 436 g/mol.